The number of rotatable bonds is 7. The maximum Gasteiger partial charge on any atom is 0.220 e. The number of nitrogens with two attached hydrogens (primary N) is 1. The highest BCUT2D eigenvalue weighted by atomic mass is 16.5. The number of hydrogen-bond donors (Lipinski definition) is 2. The summed E-state index contributed by atoms with van der Waals surface area (Å²) in [4.78, 5) is 11.8. The van der Waals surface area contributed by atoms with Crippen molar-refractivity contribution in [2.24, 2.45) is 23.5 Å². The van der Waals surface area contributed by atoms with E-state index in [1.807, 2.05) is 0 Å². The van der Waals surface area contributed by atoms with Crippen LogP contribution >= 0.6 is 0 Å². The normalized spacial score (nSPS) is 31.6. The molecule has 0 aromatic heterocycles. The number of methoxy groups -OCH3 is 1. The predicted molar refractivity (Wildman–Crippen MR) is 71.0 cm³/mol. The molecule has 0 heterocycles. The minimum absolute atomic E-state index is 0.0257. The molecule has 4 heteroatoms. The first-order chi connectivity index (χ1) is 8.69. The summed E-state index contributed by atoms with van der Waals surface area (Å²) in [7, 11) is 1.65. The van der Waals surface area contributed by atoms with Crippen molar-refractivity contribution in [3.05, 3.63) is 0 Å². The lowest BCUT2D eigenvalue weighted by Gasteiger charge is -2.21. The van der Waals surface area contributed by atoms with Gasteiger partial charge in [-0.05, 0) is 43.4 Å². The highest BCUT2D eigenvalue weighted by Gasteiger charge is 2.39. The van der Waals surface area contributed by atoms with Gasteiger partial charge in [0.25, 0.3) is 0 Å². The zero-order valence-corrected chi connectivity index (χ0v) is 11.4. The molecule has 2 saturated carbocycles. The highest BCUT2D eigenvalue weighted by molar-refractivity contribution is 5.76. The Hall–Kier alpha value is -0.610. The van der Waals surface area contributed by atoms with Crippen molar-refractivity contribution in [2.75, 3.05) is 20.3 Å². The van der Waals surface area contributed by atoms with E-state index in [9.17, 15) is 4.79 Å². The van der Waals surface area contributed by atoms with Gasteiger partial charge >= 0.3 is 0 Å². The first-order valence-corrected chi connectivity index (χ1v) is 7.20. The molecule has 4 unspecified atom stereocenters. The topological polar surface area (TPSA) is 64.3 Å². The van der Waals surface area contributed by atoms with Gasteiger partial charge in [-0.3, -0.25) is 4.79 Å². The zero-order valence-electron chi connectivity index (χ0n) is 11.4. The molecule has 2 fully saturated rings. The van der Waals surface area contributed by atoms with E-state index in [2.05, 4.69) is 5.32 Å². The molecule has 1 amide bonds. The Balaban J connectivity index is 1.58. The third kappa shape index (κ3) is 3.69. The molecule has 0 aromatic carbocycles. The van der Waals surface area contributed by atoms with Gasteiger partial charge in [-0.25, -0.2) is 0 Å². The van der Waals surface area contributed by atoms with Crippen LogP contribution in [0.3, 0.4) is 0 Å². The fourth-order valence-electron chi connectivity index (χ4n) is 3.63. The second-order valence-corrected chi connectivity index (χ2v) is 5.99. The molecule has 4 atom stereocenters. The number of carbonyl (C=O) groups excluding carboxylic acids is 1. The molecule has 2 bridgehead atoms. The van der Waals surface area contributed by atoms with Gasteiger partial charge in [0.05, 0.1) is 6.61 Å². The van der Waals surface area contributed by atoms with Crippen molar-refractivity contribution in [3.8, 4) is 0 Å². The smallest absolute Gasteiger partial charge is 0.220 e. The van der Waals surface area contributed by atoms with Gasteiger partial charge in [0.1, 0.15) is 0 Å². The summed E-state index contributed by atoms with van der Waals surface area (Å²) in [5.74, 6) is 2.60. The van der Waals surface area contributed by atoms with Gasteiger partial charge < -0.3 is 15.8 Å². The predicted octanol–water partition coefficient (Wildman–Crippen LogP) is 1.29. The van der Waals surface area contributed by atoms with Crippen molar-refractivity contribution >= 4 is 5.91 Å². The summed E-state index contributed by atoms with van der Waals surface area (Å²) >= 11 is 0. The van der Waals surface area contributed by atoms with Crippen LogP contribution in [-0.4, -0.2) is 32.2 Å². The summed E-state index contributed by atoms with van der Waals surface area (Å²) in [6.45, 7) is 1.23. The average Bonchev–Trinajstić information content (AvgIpc) is 2.91. The molecule has 18 heavy (non-hydrogen) atoms. The van der Waals surface area contributed by atoms with Gasteiger partial charge in [-0.2, -0.15) is 0 Å². The second kappa shape index (κ2) is 6.53. The van der Waals surface area contributed by atoms with E-state index in [4.69, 9.17) is 10.5 Å². The zero-order chi connectivity index (χ0) is 13.0. The number of carbonyl (C=O) groups is 1. The number of ether oxygens (including phenoxy) is 1. The van der Waals surface area contributed by atoms with E-state index in [0.717, 1.165) is 24.7 Å². The van der Waals surface area contributed by atoms with Crippen LogP contribution in [0.25, 0.3) is 0 Å². The van der Waals surface area contributed by atoms with Crippen molar-refractivity contribution in [1.82, 2.24) is 5.32 Å². The molecule has 0 saturated heterocycles. The standard InChI is InChI=1S/C14H26N2O2/c1-18-9-13(15)4-5-16-14(17)8-12-7-10-2-3-11(12)6-10/h10-13H,2-9,15H2,1H3,(H,16,17). The molecule has 4 nitrogen and oxygen atoms in total. The van der Waals surface area contributed by atoms with Crippen LogP contribution in [0.15, 0.2) is 0 Å². The van der Waals surface area contributed by atoms with Crippen LogP contribution in [0, 0.1) is 17.8 Å². The van der Waals surface area contributed by atoms with E-state index in [1.165, 1.54) is 25.7 Å². The van der Waals surface area contributed by atoms with Gasteiger partial charge in [0.15, 0.2) is 0 Å². The van der Waals surface area contributed by atoms with Gasteiger partial charge in [0.2, 0.25) is 5.91 Å². The van der Waals surface area contributed by atoms with Crippen LogP contribution in [0.2, 0.25) is 0 Å². The van der Waals surface area contributed by atoms with E-state index < -0.39 is 0 Å². The second-order valence-electron chi connectivity index (χ2n) is 5.99. The van der Waals surface area contributed by atoms with Crippen LogP contribution in [0.1, 0.15) is 38.5 Å². The fraction of sp³-hybridized carbons (Fsp3) is 0.929. The summed E-state index contributed by atoms with van der Waals surface area (Å²) in [6, 6.07) is 0.0257. The van der Waals surface area contributed by atoms with Crippen molar-refractivity contribution in [1.29, 1.82) is 0 Å². The lowest BCUT2D eigenvalue weighted by Crippen LogP contribution is -2.33. The Labute approximate surface area is 110 Å². The monoisotopic (exact) mass is 254 g/mol. The minimum atomic E-state index is 0.0257. The molecule has 2 rings (SSSR count). The SMILES string of the molecule is COCC(N)CCNC(=O)CC1CC2CCC1C2. The van der Waals surface area contributed by atoms with Crippen molar-refractivity contribution in [3.63, 3.8) is 0 Å². The summed E-state index contributed by atoms with van der Waals surface area (Å²) in [5.41, 5.74) is 5.81. The molecule has 2 aliphatic carbocycles. The molecule has 0 spiro atoms. The highest BCUT2D eigenvalue weighted by Crippen LogP contribution is 2.49. The van der Waals surface area contributed by atoms with Gasteiger partial charge in [0, 0.05) is 26.1 Å². The Kier molecular flexibility index (Phi) is 5.01. The molecule has 2 aliphatic rings. The van der Waals surface area contributed by atoms with Crippen LogP contribution in [0.4, 0.5) is 0 Å². The first kappa shape index (κ1) is 13.8. The average molecular weight is 254 g/mol. The molecular formula is C14H26N2O2. The fourth-order valence-corrected chi connectivity index (χ4v) is 3.63. The minimum Gasteiger partial charge on any atom is -0.383 e. The Bertz CT molecular complexity index is 283. The summed E-state index contributed by atoms with van der Waals surface area (Å²) in [6.07, 6.45) is 6.91. The molecule has 3 N–H and O–H groups in total. The Morgan fingerprint density at radius 3 is 2.89 bits per heavy atom. The number of amides is 1. The van der Waals surface area contributed by atoms with Crippen molar-refractivity contribution < 1.29 is 9.53 Å². The molecule has 104 valence electrons. The maximum atomic E-state index is 11.8. The molecule has 0 radical (unpaired) electrons. The molecular weight excluding hydrogens is 228 g/mol. The van der Waals surface area contributed by atoms with E-state index in [1.54, 1.807) is 7.11 Å². The quantitative estimate of drug-likeness (QED) is 0.719. The van der Waals surface area contributed by atoms with E-state index in [0.29, 0.717) is 19.1 Å². The number of nitrogens with one attached hydrogen (secondary N) is 1. The largest absolute Gasteiger partial charge is 0.383 e. The third-order valence-electron chi connectivity index (χ3n) is 4.55. The van der Waals surface area contributed by atoms with Gasteiger partial charge in [-0.15, -0.1) is 0 Å². The lowest BCUT2D eigenvalue weighted by molar-refractivity contribution is -0.122. The van der Waals surface area contributed by atoms with Crippen LogP contribution in [-0.2, 0) is 9.53 Å². The summed E-state index contributed by atoms with van der Waals surface area (Å²) < 4.78 is 4.96. The first-order valence-electron chi connectivity index (χ1n) is 7.20. The molecule has 0 aromatic rings. The third-order valence-corrected chi connectivity index (χ3v) is 4.55. The van der Waals surface area contributed by atoms with Gasteiger partial charge in [-0.1, -0.05) is 6.42 Å². The lowest BCUT2D eigenvalue weighted by atomic mass is 9.86. The van der Waals surface area contributed by atoms with Crippen LogP contribution < -0.4 is 11.1 Å². The summed E-state index contributed by atoms with van der Waals surface area (Å²) in [5, 5.41) is 2.98. The maximum absolute atomic E-state index is 11.8. The number of hydrogen-bond acceptors (Lipinski definition) is 3. The van der Waals surface area contributed by atoms with Crippen molar-refractivity contribution in [2.45, 2.75) is 44.6 Å². The van der Waals surface area contributed by atoms with E-state index in [-0.39, 0.29) is 11.9 Å². The Morgan fingerprint density at radius 2 is 2.28 bits per heavy atom. The van der Waals surface area contributed by atoms with E-state index >= 15 is 0 Å². The van der Waals surface area contributed by atoms with Crippen LogP contribution in [0.5, 0.6) is 0 Å². The Morgan fingerprint density at radius 1 is 1.44 bits per heavy atom. The number of fused-ring (bicyclic) bond motifs is 2. The molecule has 0 aliphatic heterocycles.